The maximum atomic E-state index is 12.0. The van der Waals surface area contributed by atoms with Crippen molar-refractivity contribution < 1.29 is 19.1 Å². The lowest BCUT2D eigenvalue weighted by molar-refractivity contribution is -0.146. The zero-order valence-corrected chi connectivity index (χ0v) is 14.8. The summed E-state index contributed by atoms with van der Waals surface area (Å²) in [6.07, 6.45) is 7.48. The maximum Gasteiger partial charge on any atom is 0.408 e. The van der Waals surface area contributed by atoms with E-state index in [0.29, 0.717) is 13.0 Å². The number of ether oxygens (including phenoxy) is 2. The minimum atomic E-state index is -0.651. The molecule has 0 aliphatic heterocycles. The van der Waals surface area contributed by atoms with Crippen molar-refractivity contribution in [1.29, 1.82) is 0 Å². The van der Waals surface area contributed by atoms with Gasteiger partial charge < -0.3 is 14.8 Å². The van der Waals surface area contributed by atoms with Crippen molar-refractivity contribution in [2.75, 3.05) is 13.2 Å². The Balaban J connectivity index is 3.98. The zero-order chi connectivity index (χ0) is 17.3. The van der Waals surface area contributed by atoms with Gasteiger partial charge in [0.25, 0.3) is 0 Å². The number of amides is 1. The van der Waals surface area contributed by atoms with Crippen molar-refractivity contribution in [3.05, 3.63) is 0 Å². The SMILES string of the molecule is CC#CCOC(=O)N[C@@H](CCC)C(=O)OCCCCCCCC. The van der Waals surface area contributed by atoms with Crippen LogP contribution in [-0.4, -0.2) is 31.3 Å². The molecule has 0 aromatic rings. The van der Waals surface area contributed by atoms with Crippen molar-refractivity contribution in [3.8, 4) is 11.8 Å². The van der Waals surface area contributed by atoms with Gasteiger partial charge in [-0.3, -0.25) is 0 Å². The molecule has 0 spiro atoms. The lowest BCUT2D eigenvalue weighted by Crippen LogP contribution is -2.42. The van der Waals surface area contributed by atoms with Crippen LogP contribution in [0.3, 0.4) is 0 Å². The Hall–Kier alpha value is -1.70. The molecule has 0 fully saturated rings. The summed E-state index contributed by atoms with van der Waals surface area (Å²) >= 11 is 0. The van der Waals surface area contributed by atoms with E-state index in [0.717, 1.165) is 19.3 Å². The quantitative estimate of drug-likeness (QED) is 0.337. The number of rotatable bonds is 12. The Labute approximate surface area is 140 Å². The van der Waals surface area contributed by atoms with Crippen LogP contribution in [0.4, 0.5) is 4.79 Å². The van der Waals surface area contributed by atoms with Gasteiger partial charge in [0.1, 0.15) is 6.04 Å². The maximum absolute atomic E-state index is 12.0. The highest BCUT2D eigenvalue weighted by Crippen LogP contribution is 2.06. The van der Waals surface area contributed by atoms with E-state index >= 15 is 0 Å². The summed E-state index contributed by atoms with van der Waals surface area (Å²) in [4.78, 5) is 23.6. The number of unbranched alkanes of at least 4 members (excludes halogenated alkanes) is 5. The van der Waals surface area contributed by atoms with Gasteiger partial charge in [-0.25, -0.2) is 9.59 Å². The topological polar surface area (TPSA) is 64.6 Å². The number of hydrogen-bond acceptors (Lipinski definition) is 4. The monoisotopic (exact) mass is 325 g/mol. The molecule has 5 heteroatoms. The normalized spacial score (nSPS) is 11.1. The highest BCUT2D eigenvalue weighted by molar-refractivity contribution is 5.81. The predicted molar refractivity (Wildman–Crippen MR) is 91.0 cm³/mol. The van der Waals surface area contributed by atoms with E-state index in [2.05, 4.69) is 24.1 Å². The van der Waals surface area contributed by atoms with Crippen LogP contribution in [0, 0.1) is 11.8 Å². The number of esters is 1. The summed E-state index contributed by atoms with van der Waals surface area (Å²) in [5, 5.41) is 2.54. The third-order valence-corrected chi connectivity index (χ3v) is 3.35. The van der Waals surface area contributed by atoms with Gasteiger partial charge in [-0.05, 0) is 19.8 Å². The average Bonchev–Trinajstić information content (AvgIpc) is 2.53. The predicted octanol–water partition coefficient (Wildman–Crippen LogP) is 3.81. The number of hydrogen-bond donors (Lipinski definition) is 1. The molecule has 0 aromatic carbocycles. The molecule has 1 N–H and O–H groups in total. The summed E-state index contributed by atoms with van der Waals surface area (Å²) in [6, 6.07) is -0.651. The molecule has 5 nitrogen and oxygen atoms in total. The number of nitrogens with one attached hydrogen (secondary N) is 1. The molecule has 0 radical (unpaired) electrons. The molecular formula is C18H31NO4. The third-order valence-electron chi connectivity index (χ3n) is 3.35. The molecule has 23 heavy (non-hydrogen) atoms. The largest absolute Gasteiger partial charge is 0.464 e. The molecule has 0 unspecified atom stereocenters. The van der Waals surface area contributed by atoms with Crippen molar-refractivity contribution in [2.45, 2.75) is 78.2 Å². The summed E-state index contributed by atoms with van der Waals surface area (Å²) < 4.78 is 10.1. The van der Waals surface area contributed by atoms with Crippen molar-refractivity contribution in [1.82, 2.24) is 5.32 Å². The van der Waals surface area contributed by atoms with Crippen LogP contribution in [-0.2, 0) is 14.3 Å². The lowest BCUT2D eigenvalue weighted by Gasteiger charge is -2.16. The third kappa shape index (κ3) is 12.5. The molecule has 1 amide bonds. The second-order valence-corrected chi connectivity index (χ2v) is 5.42. The van der Waals surface area contributed by atoms with Crippen LogP contribution in [0.25, 0.3) is 0 Å². The molecule has 132 valence electrons. The first kappa shape index (κ1) is 21.3. The summed E-state index contributed by atoms with van der Waals surface area (Å²) in [6.45, 7) is 6.23. The van der Waals surface area contributed by atoms with Crippen LogP contribution in [0.2, 0.25) is 0 Å². The van der Waals surface area contributed by atoms with Gasteiger partial charge in [0, 0.05) is 0 Å². The first-order valence-electron chi connectivity index (χ1n) is 8.65. The lowest BCUT2D eigenvalue weighted by atomic mass is 10.1. The number of alkyl carbamates (subject to hydrolysis) is 1. The van der Waals surface area contributed by atoms with Gasteiger partial charge in [0.05, 0.1) is 6.61 Å². The number of carbonyl (C=O) groups excluding carboxylic acids is 2. The Kier molecular flexibility index (Phi) is 14.1. The zero-order valence-electron chi connectivity index (χ0n) is 14.8. The second kappa shape index (κ2) is 15.2. The number of carbonyl (C=O) groups is 2. The molecule has 0 aliphatic rings. The van der Waals surface area contributed by atoms with Gasteiger partial charge in [0.15, 0.2) is 6.61 Å². The Morgan fingerprint density at radius 3 is 2.35 bits per heavy atom. The summed E-state index contributed by atoms with van der Waals surface area (Å²) in [5.74, 6) is 4.87. The highest BCUT2D eigenvalue weighted by Gasteiger charge is 2.21. The smallest absolute Gasteiger partial charge is 0.408 e. The van der Waals surface area contributed by atoms with Gasteiger partial charge in [-0.2, -0.15) is 0 Å². The Morgan fingerprint density at radius 1 is 1.00 bits per heavy atom. The second-order valence-electron chi connectivity index (χ2n) is 5.42. The van der Waals surface area contributed by atoms with Crippen LogP contribution in [0.5, 0.6) is 0 Å². The fraction of sp³-hybridized carbons (Fsp3) is 0.778. The van der Waals surface area contributed by atoms with E-state index in [1.165, 1.54) is 25.7 Å². The van der Waals surface area contributed by atoms with Crippen LogP contribution >= 0.6 is 0 Å². The molecule has 0 aromatic heterocycles. The van der Waals surface area contributed by atoms with Crippen molar-refractivity contribution >= 4 is 12.1 Å². The summed E-state index contributed by atoms with van der Waals surface area (Å²) in [5.41, 5.74) is 0. The first-order chi connectivity index (χ1) is 11.2. The van der Waals surface area contributed by atoms with E-state index in [9.17, 15) is 9.59 Å². The molecule has 1 atom stereocenters. The van der Waals surface area contributed by atoms with Gasteiger partial charge in [-0.1, -0.05) is 58.3 Å². The standard InChI is InChI=1S/C18H31NO4/c1-4-7-9-10-11-12-15-22-17(20)16(13-6-3)19-18(21)23-14-8-5-2/h16H,4,6-7,9-15H2,1-3H3,(H,19,21)/t16-/m0/s1. The van der Waals surface area contributed by atoms with Crippen LogP contribution in [0.15, 0.2) is 0 Å². The van der Waals surface area contributed by atoms with E-state index in [4.69, 9.17) is 9.47 Å². The molecule has 0 heterocycles. The van der Waals surface area contributed by atoms with Crippen LogP contribution < -0.4 is 5.32 Å². The molecule has 0 rings (SSSR count). The minimum Gasteiger partial charge on any atom is -0.464 e. The van der Waals surface area contributed by atoms with Crippen molar-refractivity contribution in [2.24, 2.45) is 0 Å². The molecular weight excluding hydrogens is 294 g/mol. The van der Waals surface area contributed by atoms with Gasteiger partial charge >= 0.3 is 12.1 Å². The Morgan fingerprint density at radius 2 is 1.70 bits per heavy atom. The van der Waals surface area contributed by atoms with Crippen molar-refractivity contribution in [3.63, 3.8) is 0 Å². The van der Waals surface area contributed by atoms with E-state index in [1.807, 2.05) is 6.92 Å². The van der Waals surface area contributed by atoms with Gasteiger partial charge in [-0.15, -0.1) is 5.92 Å². The van der Waals surface area contributed by atoms with E-state index in [1.54, 1.807) is 6.92 Å². The molecule has 0 bridgehead atoms. The van der Waals surface area contributed by atoms with Crippen LogP contribution in [0.1, 0.15) is 72.1 Å². The fourth-order valence-electron chi connectivity index (χ4n) is 2.05. The van der Waals surface area contributed by atoms with E-state index in [-0.39, 0.29) is 12.6 Å². The highest BCUT2D eigenvalue weighted by atomic mass is 16.6. The molecule has 0 saturated heterocycles. The van der Waals surface area contributed by atoms with E-state index < -0.39 is 12.1 Å². The summed E-state index contributed by atoms with van der Waals surface area (Å²) in [7, 11) is 0. The first-order valence-corrected chi connectivity index (χ1v) is 8.65. The van der Waals surface area contributed by atoms with Gasteiger partial charge in [0.2, 0.25) is 0 Å². The fourth-order valence-corrected chi connectivity index (χ4v) is 2.05. The Bertz CT molecular complexity index is 384. The minimum absolute atomic E-state index is 0.0218. The molecule has 0 aliphatic carbocycles. The average molecular weight is 325 g/mol. The molecule has 0 saturated carbocycles.